The highest BCUT2D eigenvalue weighted by Gasteiger charge is 2.16. The Bertz CT molecular complexity index is 624. The summed E-state index contributed by atoms with van der Waals surface area (Å²) in [5.74, 6) is 0.972. The van der Waals surface area contributed by atoms with Crippen molar-refractivity contribution in [3.63, 3.8) is 0 Å². The molecular weight excluding hydrogens is 272 g/mol. The minimum absolute atomic E-state index is 0.0375. The molecule has 0 bridgehead atoms. The lowest BCUT2D eigenvalue weighted by molar-refractivity contribution is -0.386. The SMILES string of the molecule is CCNCc1ccc([N+](=O)[O-])c(OCc2nccn2C)c1. The van der Waals surface area contributed by atoms with Crippen LogP contribution in [0.3, 0.4) is 0 Å². The van der Waals surface area contributed by atoms with Crippen molar-refractivity contribution in [2.45, 2.75) is 20.1 Å². The second-order valence-corrected chi connectivity index (χ2v) is 4.58. The van der Waals surface area contributed by atoms with Crippen LogP contribution in [-0.4, -0.2) is 21.0 Å². The van der Waals surface area contributed by atoms with Crippen molar-refractivity contribution in [1.29, 1.82) is 0 Å². The number of nitro groups is 1. The van der Waals surface area contributed by atoms with Crippen molar-refractivity contribution in [3.05, 3.63) is 52.1 Å². The topological polar surface area (TPSA) is 82.2 Å². The molecule has 0 saturated carbocycles. The van der Waals surface area contributed by atoms with E-state index in [1.807, 2.05) is 18.5 Å². The molecule has 1 N–H and O–H groups in total. The van der Waals surface area contributed by atoms with Gasteiger partial charge in [0.2, 0.25) is 0 Å². The molecule has 0 aliphatic carbocycles. The molecule has 7 heteroatoms. The van der Waals surface area contributed by atoms with Crippen LogP contribution in [0.2, 0.25) is 0 Å². The molecule has 0 amide bonds. The lowest BCUT2D eigenvalue weighted by Gasteiger charge is -2.09. The summed E-state index contributed by atoms with van der Waals surface area (Å²) in [5.41, 5.74) is 0.904. The van der Waals surface area contributed by atoms with E-state index in [2.05, 4.69) is 10.3 Å². The zero-order valence-corrected chi connectivity index (χ0v) is 12.1. The van der Waals surface area contributed by atoms with Gasteiger partial charge in [-0.15, -0.1) is 0 Å². The van der Waals surface area contributed by atoms with E-state index in [-0.39, 0.29) is 18.0 Å². The summed E-state index contributed by atoms with van der Waals surface area (Å²) in [6.45, 7) is 3.67. The van der Waals surface area contributed by atoms with Crippen LogP contribution in [0.25, 0.3) is 0 Å². The van der Waals surface area contributed by atoms with Crippen LogP contribution in [0.1, 0.15) is 18.3 Å². The Labute approximate surface area is 122 Å². The first-order valence-electron chi connectivity index (χ1n) is 6.69. The van der Waals surface area contributed by atoms with Crippen LogP contribution >= 0.6 is 0 Å². The van der Waals surface area contributed by atoms with Gasteiger partial charge >= 0.3 is 5.69 Å². The maximum atomic E-state index is 11.1. The second-order valence-electron chi connectivity index (χ2n) is 4.58. The number of imidazole rings is 1. The second kappa shape index (κ2) is 6.85. The van der Waals surface area contributed by atoms with Gasteiger partial charge in [0.15, 0.2) is 5.75 Å². The third kappa shape index (κ3) is 3.79. The zero-order valence-electron chi connectivity index (χ0n) is 12.1. The number of hydrogen-bond acceptors (Lipinski definition) is 5. The molecule has 7 nitrogen and oxygen atoms in total. The van der Waals surface area contributed by atoms with Crippen LogP contribution in [0.4, 0.5) is 5.69 Å². The number of benzene rings is 1. The van der Waals surface area contributed by atoms with Crippen LogP contribution in [0.15, 0.2) is 30.6 Å². The Hall–Kier alpha value is -2.41. The lowest BCUT2D eigenvalue weighted by Crippen LogP contribution is -2.12. The van der Waals surface area contributed by atoms with Gasteiger partial charge in [-0.25, -0.2) is 4.98 Å². The van der Waals surface area contributed by atoms with Crippen LogP contribution in [0.5, 0.6) is 5.75 Å². The van der Waals surface area contributed by atoms with Crippen molar-refractivity contribution >= 4 is 5.69 Å². The first-order chi connectivity index (χ1) is 10.1. The normalized spacial score (nSPS) is 10.6. The summed E-state index contributed by atoms with van der Waals surface area (Å²) in [6.07, 6.45) is 3.46. The number of hydrogen-bond donors (Lipinski definition) is 1. The highest BCUT2D eigenvalue weighted by molar-refractivity contribution is 5.48. The molecule has 1 heterocycles. The first-order valence-corrected chi connectivity index (χ1v) is 6.69. The number of nitrogens with one attached hydrogen (secondary N) is 1. The maximum absolute atomic E-state index is 11.1. The number of rotatable bonds is 7. The minimum Gasteiger partial charge on any atom is -0.479 e. The monoisotopic (exact) mass is 290 g/mol. The third-order valence-electron chi connectivity index (χ3n) is 3.08. The third-order valence-corrected chi connectivity index (χ3v) is 3.08. The van der Waals surface area contributed by atoms with E-state index in [0.29, 0.717) is 12.4 Å². The minimum atomic E-state index is -0.440. The predicted molar refractivity (Wildman–Crippen MR) is 78.0 cm³/mol. The van der Waals surface area contributed by atoms with E-state index in [1.54, 1.807) is 24.5 Å². The average Bonchev–Trinajstić information content (AvgIpc) is 2.88. The Kier molecular flexibility index (Phi) is 4.89. The van der Waals surface area contributed by atoms with Gasteiger partial charge in [-0.1, -0.05) is 13.0 Å². The van der Waals surface area contributed by atoms with Crippen LogP contribution < -0.4 is 10.1 Å². The molecule has 0 aliphatic rings. The highest BCUT2D eigenvalue weighted by atomic mass is 16.6. The van der Waals surface area contributed by atoms with Gasteiger partial charge in [0, 0.05) is 32.1 Å². The molecule has 2 rings (SSSR count). The van der Waals surface area contributed by atoms with Crippen LogP contribution in [0, 0.1) is 10.1 Å². The van der Waals surface area contributed by atoms with Crippen molar-refractivity contribution in [2.75, 3.05) is 6.54 Å². The molecule has 1 aromatic heterocycles. The molecule has 1 aromatic carbocycles. The maximum Gasteiger partial charge on any atom is 0.310 e. The van der Waals surface area contributed by atoms with Gasteiger partial charge in [0.1, 0.15) is 12.4 Å². The molecule has 21 heavy (non-hydrogen) atoms. The zero-order chi connectivity index (χ0) is 15.2. The molecule has 2 aromatic rings. The molecule has 0 atom stereocenters. The fourth-order valence-corrected chi connectivity index (χ4v) is 1.88. The van der Waals surface area contributed by atoms with E-state index >= 15 is 0 Å². The Morgan fingerprint density at radius 2 is 2.29 bits per heavy atom. The van der Waals surface area contributed by atoms with Gasteiger partial charge < -0.3 is 14.6 Å². The summed E-state index contributed by atoms with van der Waals surface area (Å²) in [4.78, 5) is 14.8. The molecule has 0 fully saturated rings. The standard InChI is InChI=1S/C14H18N4O3/c1-3-15-9-11-4-5-12(18(19)20)13(8-11)21-10-14-16-6-7-17(14)2/h4-8,15H,3,9-10H2,1-2H3. The van der Waals surface area contributed by atoms with E-state index in [0.717, 1.165) is 12.1 Å². The quantitative estimate of drug-likeness (QED) is 0.623. The van der Waals surface area contributed by atoms with Gasteiger partial charge in [0.05, 0.1) is 4.92 Å². The van der Waals surface area contributed by atoms with Crippen molar-refractivity contribution < 1.29 is 9.66 Å². The van der Waals surface area contributed by atoms with E-state index in [9.17, 15) is 10.1 Å². The number of nitro benzene ring substituents is 1. The van der Waals surface area contributed by atoms with Crippen molar-refractivity contribution in [1.82, 2.24) is 14.9 Å². The predicted octanol–water partition coefficient (Wildman–Crippen LogP) is 2.02. The Balaban J connectivity index is 2.17. The molecule has 0 spiro atoms. The Morgan fingerprint density at radius 3 is 2.90 bits per heavy atom. The number of nitrogens with zero attached hydrogens (tertiary/aromatic N) is 3. The van der Waals surface area contributed by atoms with Crippen LogP contribution in [-0.2, 0) is 20.2 Å². The molecule has 0 saturated heterocycles. The molecular formula is C14H18N4O3. The summed E-state index contributed by atoms with van der Waals surface area (Å²) in [6, 6.07) is 4.90. The lowest BCUT2D eigenvalue weighted by atomic mass is 10.2. The summed E-state index contributed by atoms with van der Waals surface area (Å²) < 4.78 is 7.41. The number of ether oxygens (including phenoxy) is 1. The van der Waals surface area contributed by atoms with E-state index in [4.69, 9.17) is 4.74 Å². The molecule has 0 aliphatic heterocycles. The number of aryl methyl sites for hydroxylation is 1. The smallest absolute Gasteiger partial charge is 0.310 e. The van der Waals surface area contributed by atoms with Gasteiger partial charge in [-0.3, -0.25) is 10.1 Å². The van der Waals surface area contributed by atoms with E-state index < -0.39 is 4.92 Å². The van der Waals surface area contributed by atoms with Crippen molar-refractivity contribution in [3.8, 4) is 5.75 Å². The summed E-state index contributed by atoms with van der Waals surface area (Å²) in [5, 5.41) is 14.2. The van der Waals surface area contributed by atoms with Gasteiger partial charge in [-0.05, 0) is 18.2 Å². The summed E-state index contributed by atoms with van der Waals surface area (Å²) in [7, 11) is 1.85. The average molecular weight is 290 g/mol. The molecule has 0 radical (unpaired) electrons. The molecule has 112 valence electrons. The van der Waals surface area contributed by atoms with Crippen molar-refractivity contribution in [2.24, 2.45) is 7.05 Å². The number of aromatic nitrogens is 2. The van der Waals surface area contributed by atoms with Gasteiger partial charge in [-0.2, -0.15) is 0 Å². The highest BCUT2D eigenvalue weighted by Crippen LogP contribution is 2.28. The van der Waals surface area contributed by atoms with E-state index in [1.165, 1.54) is 6.07 Å². The summed E-state index contributed by atoms with van der Waals surface area (Å²) >= 11 is 0. The largest absolute Gasteiger partial charge is 0.479 e. The first kappa shape index (κ1) is 15.0. The molecule has 0 unspecified atom stereocenters. The fourth-order valence-electron chi connectivity index (χ4n) is 1.88. The van der Waals surface area contributed by atoms with Gasteiger partial charge in [0.25, 0.3) is 0 Å². The Morgan fingerprint density at radius 1 is 1.48 bits per heavy atom. The fraction of sp³-hybridized carbons (Fsp3) is 0.357.